The second kappa shape index (κ2) is 11.6. The Morgan fingerprint density at radius 2 is 1.69 bits per heavy atom. The van der Waals surface area contributed by atoms with E-state index in [9.17, 15) is 13.7 Å². The van der Waals surface area contributed by atoms with E-state index < -0.39 is 16.6 Å². The molecule has 1 aliphatic heterocycles. The molecule has 0 bridgehead atoms. The summed E-state index contributed by atoms with van der Waals surface area (Å²) in [5.74, 6) is 0.122. The Morgan fingerprint density at radius 3 is 2.28 bits per heavy atom. The number of nitrogens with zero attached hydrogens (tertiary/aromatic N) is 1. The molecule has 5 rings (SSSR count). The van der Waals surface area contributed by atoms with Crippen molar-refractivity contribution in [2.45, 2.75) is 25.0 Å². The molecule has 36 heavy (non-hydrogen) atoms. The smallest absolute Gasteiger partial charge is 0.193 e. The van der Waals surface area contributed by atoms with Gasteiger partial charge in [0.05, 0.1) is 30.4 Å². The zero-order valence-corrected chi connectivity index (χ0v) is 21.1. The number of hydrogen-bond acceptors (Lipinski definition) is 6. The summed E-state index contributed by atoms with van der Waals surface area (Å²) in [7, 11) is -0.611. The molecule has 0 amide bonds. The van der Waals surface area contributed by atoms with Crippen molar-refractivity contribution < 1.29 is 23.2 Å². The molecule has 2 atom stereocenters. The van der Waals surface area contributed by atoms with Gasteiger partial charge in [0.2, 0.25) is 0 Å². The van der Waals surface area contributed by atoms with E-state index in [1.165, 1.54) is 6.07 Å². The van der Waals surface area contributed by atoms with Crippen molar-refractivity contribution >= 4 is 27.5 Å². The van der Waals surface area contributed by atoms with Crippen molar-refractivity contribution in [1.82, 2.24) is 9.97 Å². The van der Waals surface area contributed by atoms with E-state index in [0.29, 0.717) is 40.5 Å². The van der Waals surface area contributed by atoms with Gasteiger partial charge in [0, 0.05) is 46.7 Å². The number of H-pyrrole nitrogens is 1. The maximum absolute atomic E-state index is 14.8. The van der Waals surface area contributed by atoms with Crippen molar-refractivity contribution in [3.05, 3.63) is 66.5 Å². The van der Waals surface area contributed by atoms with Crippen molar-refractivity contribution in [2.75, 3.05) is 31.5 Å². The van der Waals surface area contributed by atoms with Gasteiger partial charge in [0.1, 0.15) is 11.8 Å². The first-order chi connectivity index (χ1) is 17.3. The standard InChI is InChI=1S/C25H24FN3O3.C2H6OS/c26-21-11-22-23(12-24(28-22)32-20-10-9-19(13-30)31-14-20)29-25(21)17-3-1-15(2-4-17)16-5-7-18(27)8-6-16;1-4(2)3/h1-8,11-12,19-20,28,30H,9-10,13-14,27H2;1-2H3. The highest BCUT2D eigenvalue weighted by atomic mass is 32.2. The number of rotatable bonds is 5. The summed E-state index contributed by atoms with van der Waals surface area (Å²) >= 11 is 0. The second-order valence-corrected chi connectivity index (χ2v) is 10.3. The van der Waals surface area contributed by atoms with Gasteiger partial charge < -0.3 is 25.3 Å². The molecule has 1 saturated heterocycles. The molecule has 0 saturated carbocycles. The number of aliphatic hydroxyl groups is 1. The average Bonchev–Trinajstić information content (AvgIpc) is 3.25. The molecule has 190 valence electrons. The highest BCUT2D eigenvalue weighted by molar-refractivity contribution is 7.83. The van der Waals surface area contributed by atoms with Gasteiger partial charge in [-0.15, -0.1) is 0 Å². The van der Waals surface area contributed by atoms with Gasteiger partial charge in [0.15, 0.2) is 11.7 Å². The van der Waals surface area contributed by atoms with Crippen LogP contribution in [0.4, 0.5) is 10.1 Å². The largest absolute Gasteiger partial charge is 0.473 e. The molecule has 4 N–H and O–H groups in total. The molecule has 2 aromatic heterocycles. The van der Waals surface area contributed by atoms with E-state index in [1.807, 2.05) is 48.5 Å². The van der Waals surface area contributed by atoms with Crippen LogP contribution in [-0.2, 0) is 15.5 Å². The molecule has 0 spiro atoms. The van der Waals surface area contributed by atoms with Gasteiger partial charge in [-0.2, -0.15) is 0 Å². The van der Waals surface area contributed by atoms with Gasteiger partial charge in [-0.1, -0.05) is 36.4 Å². The fraction of sp³-hybridized carbons (Fsp3) is 0.296. The lowest BCUT2D eigenvalue weighted by Crippen LogP contribution is -2.35. The number of nitrogen functional groups attached to an aromatic ring is 1. The zero-order valence-electron chi connectivity index (χ0n) is 20.2. The van der Waals surface area contributed by atoms with Crippen molar-refractivity contribution in [3.8, 4) is 28.3 Å². The predicted molar refractivity (Wildman–Crippen MR) is 142 cm³/mol. The molecule has 1 fully saturated rings. The lowest BCUT2D eigenvalue weighted by molar-refractivity contribution is -0.0663. The number of nitrogens with one attached hydrogen (secondary N) is 1. The molecule has 2 unspecified atom stereocenters. The Labute approximate surface area is 211 Å². The molecular weight excluding hydrogens is 481 g/mol. The normalized spacial score (nSPS) is 17.6. The van der Waals surface area contributed by atoms with Gasteiger partial charge >= 0.3 is 0 Å². The molecule has 2 aromatic carbocycles. The molecule has 9 heteroatoms. The van der Waals surface area contributed by atoms with Crippen LogP contribution in [0.1, 0.15) is 12.8 Å². The number of halogens is 1. The molecular formula is C27H30FN3O4S. The van der Waals surface area contributed by atoms with Gasteiger partial charge in [-0.05, 0) is 36.1 Å². The summed E-state index contributed by atoms with van der Waals surface area (Å²) in [6.07, 6.45) is 4.57. The Balaban J connectivity index is 0.000000709. The lowest BCUT2D eigenvalue weighted by Gasteiger charge is -2.27. The van der Waals surface area contributed by atoms with Crippen molar-refractivity contribution in [1.29, 1.82) is 0 Å². The zero-order chi connectivity index (χ0) is 25.7. The minimum absolute atomic E-state index is 0.0199. The summed E-state index contributed by atoms with van der Waals surface area (Å²) in [6.45, 7) is 0.431. The quantitative estimate of drug-likeness (QED) is 0.340. The highest BCUT2D eigenvalue weighted by Crippen LogP contribution is 2.30. The van der Waals surface area contributed by atoms with Crippen LogP contribution < -0.4 is 10.5 Å². The van der Waals surface area contributed by atoms with E-state index in [4.69, 9.17) is 15.2 Å². The number of aromatic nitrogens is 2. The summed E-state index contributed by atoms with van der Waals surface area (Å²) < 4.78 is 35.9. The predicted octanol–water partition coefficient (Wildman–Crippen LogP) is 4.53. The van der Waals surface area contributed by atoms with Gasteiger partial charge in [0.25, 0.3) is 0 Å². The SMILES string of the molecule is CS(C)=O.Nc1ccc(-c2ccc(-c3nc4cc(OC5CCC(CO)OC5)[nH]c4cc3F)cc2)cc1. The number of fused-ring (bicyclic) bond motifs is 1. The van der Waals surface area contributed by atoms with Crippen molar-refractivity contribution in [3.63, 3.8) is 0 Å². The fourth-order valence-corrected chi connectivity index (χ4v) is 3.97. The minimum Gasteiger partial charge on any atom is -0.473 e. The molecule has 1 aliphatic rings. The van der Waals surface area contributed by atoms with Crippen LogP contribution in [0.25, 0.3) is 33.4 Å². The van der Waals surface area contributed by atoms with Crippen LogP contribution in [0.15, 0.2) is 60.7 Å². The first-order valence-electron chi connectivity index (χ1n) is 11.6. The number of anilines is 1. The first-order valence-corrected chi connectivity index (χ1v) is 13.6. The third-order valence-corrected chi connectivity index (χ3v) is 5.76. The third-order valence-electron chi connectivity index (χ3n) is 5.76. The van der Waals surface area contributed by atoms with Crippen LogP contribution in [0.3, 0.4) is 0 Å². The topological polar surface area (TPSA) is 110 Å². The van der Waals surface area contributed by atoms with E-state index >= 15 is 0 Å². The number of nitrogens with two attached hydrogens (primary N) is 1. The van der Waals surface area contributed by atoms with Gasteiger partial charge in [-0.3, -0.25) is 4.21 Å². The van der Waals surface area contributed by atoms with Crippen LogP contribution in [0.2, 0.25) is 0 Å². The lowest BCUT2D eigenvalue weighted by atomic mass is 10.0. The molecule has 7 nitrogen and oxygen atoms in total. The minimum atomic E-state index is -0.611. The Morgan fingerprint density at radius 1 is 1.08 bits per heavy atom. The molecule has 3 heterocycles. The summed E-state index contributed by atoms with van der Waals surface area (Å²) in [4.78, 5) is 7.61. The average molecular weight is 512 g/mol. The Kier molecular flexibility index (Phi) is 8.35. The highest BCUT2D eigenvalue weighted by Gasteiger charge is 2.23. The maximum Gasteiger partial charge on any atom is 0.193 e. The molecule has 4 aromatic rings. The van der Waals surface area contributed by atoms with E-state index in [-0.39, 0.29) is 18.8 Å². The van der Waals surface area contributed by atoms with E-state index in [1.54, 1.807) is 18.6 Å². The second-order valence-electron chi connectivity index (χ2n) is 8.78. The first kappa shape index (κ1) is 25.8. The number of aliphatic hydroxyl groups excluding tert-OH is 1. The summed E-state index contributed by atoms with van der Waals surface area (Å²) in [5.41, 5.74) is 10.7. The van der Waals surface area contributed by atoms with Crippen LogP contribution in [0, 0.1) is 5.82 Å². The Bertz CT molecular complexity index is 1310. The number of benzene rings is 2. The maximum atomic E-state index is 14.8. The third kappa shape index (κ3) is 6.48. The molecule has 0 aliphatic carbocycles. The van der Waals surface area contributed by atoms with E-state index in [2.05, 4.69) is 9.97 Å². The van der Waals surface area contributed by atoms with Crippen LogP contribution >= 0.6 is 0 Å². The summed E-state index contributed by atoms with van der Waals surface area (Å²) in [5, 5.41) is 9.17. The fourth-order valence-electron chi connectivity index (χ4n) is 3.97. The Hall–Kier alpha value is -3.27. The monoisotopic (exact) mass is 511 g/mol. The van der Waals surface area contributed by atoms with Crippen LogP contribution in [0.5, 0.6) is 5.88 Å². The van der Waals surface area contributed by atoms with Crippen LogP contribution in [-0.4, -0.2) is 57.2 Å². The summed E-state index contributed by atoms with van der Waals surface area (Å²) in [6, 6.07) is 18.5. The number of pyridine rings is 1. The van der Waals surface area contributed by atoms with E-state index in [0.717, 1.165) is 24.0 Å². The van der Waals surface area contributed by atoms with Crippen molar-refractivity contribution in [2.24, 2.45) is 0 Å². The van der Waals surface area contributed by atoms with Gasteiger partial charge in [-0.25, -0.2) is 9.37 Å². The number of aromatic amines is 1. The number of ether oxygens (including phenoxy) is 2. The number of hydrogen-bond donors (Lipinski definition) is 3. The molecule has 0 radical (unpaired) electrons.